The topological polar surface area (TPSA) is 88.2 Å². The summed E-state index contributed by atoms with van der Waals surface area (Å²) >= 11 is 0. The number of benzene rings is 1. The van der Waals surface area contributed by atoms with Crippen molar-refractivity contribution >= 4 is 23.6 Å². The Kier molecular flexibility index (Phi) is 5.53. The van der Waals surface area contributed by atoms with Crippen LogP contribution in [0.15, 0.2) is 24.3 Å². The van der Waals surface area contributed by atoms with E-state index in [2.05, 4.69) is 5.32 Å². The maximum atomic E-state index is 13.0. The Balaban J connectivity index is 1.61. The molecule has 27 heavy (non-hydrogen) atoms. The average Bonchev–Trinajstić information content (AvgIpc) is 3.50. The monoisotopic (exact) mass is 375 g/mol. The number of para-hydroxylation sites is 2. The van der Waals surface area contributed by atoms with Gasteiger partial charge in [0.05, 0.1) is 19.4 Å². The van der Waals surface area contributed by atoms with E-state index in [0.29, 0.717) is 57.1 Å². The van der Waals surface area contributed by atoms with Crippen LogP contribution in [0.1, 0.15) is 19.8 Å². The second-order valence-corrected chi connectivity index (χ2v) is 6.71. The summed E-state index contributed by atoms with van der Waals surface area (Å²) in [6.07, 6.45) is 0.704. The minimum Gasteiger partial charge on any atom is -0.495 e. The van der Waals surface area contributed by atoms with Crippen molar-refractivity contribution < 1.29 is 23.9 Å². The summed E-state index contributed by atoms with van der Waals surface area (Å²) in [5, 5.41) is 2.83. The van der Waals surface area contributed by atoms with Gasteiger partial charge in [-0.3, -0.25) is 9.59 Å². The van der Waals surface area contributed by atoms with E-state index in [1.54, 1.807) is 34.9 Å². The summed E-state index contributed by atoms with van der Waals surface area (Å²) in [6, 6.07) is 7.12. The number of carbonyl (C=O) groups excluding carboxylic acids is 3. The van der Waals surface area contributed by atoms with Gasteiger partial charge >= 0.3 is 6.09 Å². The van der Waals surface area contributed by atoms with Gasteiger partial charge in [0.15, 0.2) is 0 Å². The summed E-state index contributed by atoms with van der Waals surface area (Å²) in [7, 11) is 1.53. The smallest absolute Gasteiger partial charge is 0.409 e. The fourth-order valence-electron chi connectivity index (χ4n) is 3.26. The highest BCUT2D eigenvalue weighted by molar-refractivity contribution is 6.13. The van der Waals surface area contributed by atoms with Crippen LogP contribution < -0.4 is 10.1 Å². The molecule has 1 saturated heterocycles. The second-order valence-electron chi connectivity index (χ2n) is 6.71. The average molecular weight is 375 g/mol. The van der Waals surface area contributed by atoms with Gasteiger partial charge in [0.2, 0.25) is 11.8 Å². The first kappa shape index (κ1) is 19.0. The van der Waals surface area contributed by atoms with E-state index in [1.165, 1.54) is 7.11 Å². The van der Waals surface area contributed by atoms with Gasteiger partial charge < -0.3 is 24.6 Å². The first-order valence-corrected chi connectivity index (χ1v) is 9.17. The number of ether oxygens (including phenoxy) is 2. The number of nitrogens with one attached hydrogen (secondary N) is 1. The van der Waals surface area contributed by atoms with Gasteiger partial charge in [0.25, 0.3) is 0 Å². The van der Waals surface area contributed by atoms with Crippen LogP contribution in [0.3, 0.4) is 0 Å². The molecule has 0 bridgehead atoms. The van der Waals surface area contributed by atoms with Crippen LogP contribution in [-0.4, -0.2) is 67.6 Å². The van der Waals surface area contributed by atoms with Crippen LogP contribution >= 0.6 is 0 Å². The van der Waals surface area contributed by atoms with Crippen molar-refractivity contribution in [3.63, 3.8) is 0 Å². The Morgan fingerprint density at radius 3 is 2.30 bits per heavy atom. The van der Waals surface area contributed by atoms with Gasteiger partial charge in [-0.1, -0.05) is 12.1 Å². The number of methoxy groups -OCH3 is 1. The maximum Gasteiger partial charge on any atom is 0.409 e. The third kappa shape index (κ3) is 3.84. The van der Waals surface area contributed by atoms with Gasteiger partial charge in [0.1, 0.15) is 11.2 Å². The van der Waals surface area contributed by atoms with Gasteiger partial charge in [-0.25, -0.2) is 4.79 Å². The van der Waals surface area contributed by atoms with E-state index in [9.17, 15) is 14.4 Å². The zero-order chi connectivity index (χ0) is 19.4. The molecule has 1 heterocycles. The zero-order valence-corrected chi connectivity index (χ0v) is 15.7. The summed E-state index contributed by atoms with van der Waals surface area (Å²) < 4.78 is 10.2. The Hall–Kier alpha value is -2.77. The van der Waals surface area contributed by atoms with Crippen LogP contribution in [0.2, 0.25) is 0 Å². The SMILES string of the molecule is CCOC(=O)N1CCN(C(=O)C2(C(=O)Nc3ccccc3OC)CC2)CC1. The first-order valence-electron chi connectivity index (χ1n) is 9.17. The molecule has 0 radical (unpaired) electrons. The van der Waals surface area contributed by atoms with E-state index < -0.39 is 5.41 Å². The standard InChI is InChI=1S/C19H25N3O5/c1-3-27-18(25)22-12-10-21(11-13-22)17(24)19(8-9-19)16(23)20-14-6-4-5-7-15(14)26-2/h4-7H,3,8-13H2,1-2H3,(H,20,23). The molecule has 1 aromatic rings. The summed E-state index contributed by atoms with van der Waals surface area (Å²) in [5.74, 6) is 0.0837. The normalized spacial score (nSPS) is 17.9. The molecule has 1 saturated carbocycles. The van der Waals surface area contributed by atoms with Crippen molar-refractivity contribution in [1.29, 1.82) is 0 Å². The number of hydrogen-bond acceptors (Lipinski definition) is 5. The molecule has 0 spiro atoms. The highest BCUT2D eigenvalue weighted by atomic mass is 16.6. The lowest BCUT2D eigenvalue weighted by atomic mass is 10.0. The molecule has 8 heteroatoms. The van der Waals surface area contributed by atoms with Crippen LogP contribution in [0.5, 0.6) is 5.75 Å². The Bertz CT molecular complexity index is 724. The molecule has 8 nitrogen and oxygen atoms in total. The molecule has 3 amide bonds. The highest BCUT2D eigenvalue weighted by Crippen LogP contribution is 2.48. The predicted octanol–water partition coefficient (Wildman–Crippen LogP) is 1.71. The van der Waals surface area contributed by atoms with Crippen LogP contribution in [-0.2, 0) is 14.3 Å². The maximum absolute atomic E-state index is 13.0. The number of nitrogens with zero attached hydrogens (tertiary/aromatic N) is 2. The van der Waals surface area contributed by atoms with E-state index in [0.717, 1.165) is 0 Å². The number of piperazine rings is 1. The number of amides is 3. The Morgan fingerprint density at radius 2 is 1.70 bits per heavy atom. The lowest BCUT2D eigenvalue weighted by Gasteiger charge is -2.35. The number of anilines is 1. The molecule has 1 N–H and O–H groups in total. The van der Waals surface area contributed by atoms with Gasteiger partial charge in [-0.15, -0.1) is 0 Å². The van der Waals surface area contributed by atoms with Crippen molar-refractivity contribution in [3.05, 3.63) is 24.3 Å². The van der Waals surface area contributed by atoms with E-state index in [4.69, 9.17) is 9.47 Å². The molecule has 0 unspecified atom stereocenters. The minimum absolute atomic E-state index is 0.168. The Labute approximate surface area is 158 Å². The number of carbonyl (C=O) groups is 3. The van der Waals surface area contributed by atoms with Crippen molar-refractivity contribution in [2.24, 2.45) is 5.41 Å². The molecule has 1 aliphatic carbocycles. The second kappa shape index (κ2) is 7.85. The largest absolute Gasteiger partial charge is 0.495 e. The zero-order valence-electron chi connectivity index (χ0n) is 15.7. The fourth-order valence-corrected chi connectivity index (χ4v) is 3.26. The molecule has 146 valence electrons. The third-order valence-electron chi connectivity index (χ3n) is 5.04. The summed E-state index contributed by atoms with van der Waals surface area (Å²) in [4.78, 5) is 40.8. The van der Waals surface area contributed by atoms with Crippen molar-refractivity contribution in [3.8, 4) is 5.75 Å². The predicted molar refractivity (Wildman–Crippen MR) is 98.5 cm³/mol. The number of rotatable bonds is 5. The van der Waals surface area contributed by atoms with Crippen LogP contribution in [0.4, 0.5) is 10.5 Å². The van der Waals surface area contributed by atoms with Crippen LogP contribution in [0, 0.1) is 5.41 Å². The highest BCUT2D eigenvalue weighted by Gasteiger charge is 2.58. The molecule has 2 aliphatic rings. The minimum atomic E-state index is -1.01. The van der Waals surface area contributed by atoms with Crippen molar-refractivity contribution in [2.75, 3.05) is 45.2 Å². The van der Waals surface area contributed by atoms with Gasteiger partial charge in [-0.05, 0) is 31.9 Å². The van der Waals surface area contributed by atoms with Crippen molar-refractivity contribution in [2.45, 2.75) is 19.8 Å². The van der Waals surface area contributed by atoms with Gasteiger partial charge in [0, 0.05) is 26.2 Å². The number of hydrogen-bond donors (Lipinski definition) is 1. The van der Waals surface area contributed by atoms with Crippen LogP contribution in [0.25, 0.3) is 0 Å². The molecule has 0 aromatic heterocycles. The summed E-state index contributed by atoms with van der Waals surface area (Å²) in [5.41, 5.74) is -0.455. The molecule has 2 fully saturated rings. The van der Waals surface area contributed by atoms with E-state index in [1.807, 2.05) is 6.07 Å². The quantitative estimate of drug-likeness (QED) is 0.792. The van der Waals surface area contributed by atoms with E-state index >= 15 is 0 Å². The first-order chi connectivity index (χ1) is 13.0. The molecule has 1 aliphatic heterocycles. The molecule has 0 atom stereocenters. The fraction of sp³-hybridized carbons (Fsp3) is 0.526. The molecule has 1 aromatic carbocycles. The summed E-state index contributed by atoms with van der Waals surface area (Å²) in [6.45, 7) is 3.71. The van der Waals surface area contributed by atoms with Crippen molar-refractivity contribution in [1.82, 2.24) is 9.80 Å². The Morgan fingerprint density at radius 1 is 1.07 bits per heavy atom. The third-order valence-corrected chi connectivity index (χ3v) is 5.04. The van der Waals surface area contributed by atoms with E-state index in [-0.39, 0.29) is 17.9 Å². The van der Waals surface area contributed by atoms with Gasteiger partial charge in [-0.2, -0.15) is 0 Å². The lowest BCUT2D eigenvalue weighted by molar-refractivity contribution is -0.143. The molecule has 3 rings (SSSR count). The molecular formula is C19H25N3O5. The lowest BCUT2D eigenvalue weighted by Crippen LogP contribution is -2.53. The molecular weight excluding hydrogens is 350 g/mol.